The molecule has 2 aliphatic heterocycles. The zero-order chi connectivity index (χ0) is 23.7. The van der Waals surface area contributed by atoms with E-state index in [4.69, 9.17) is 4.74 Å². The number of aryl methyl sites for hydroxylation is 1. The van der Waals surface area contributed by atoms with Crippen molar-refractivity contribution < 1.29 is 23.9 Å². The van der Waals surface area contributed by atoms with Gasteiger partial charge in [0, 0.05) is 18.9 Å². The highest BCUT2D eigenvalue weighted by Gasteiger charge is 2.49. The maximum Gasteiger partial charge on any atom is 0.338 e. The molecule has 2 aromatic carbocycles. The Labute approximate surface area is 191 Å². The van der Waals surface area contributed by atoms with Gasteiger partial charge < -0.3 is 20.3 Å². The van der Waals surface area contributed by atoms with Crippen LogP contribution in [0.2, 0.25) is 0 Å². The van der Waals surface area contributed by atoms with E-state index in [0.29, 0.717) is 16.9 Å². The fourth-order valence-corrected chi connectivity index (χ4v) is 3.93. The van der Waals surface area contributed by atoms with Crippen molar-refractivity contribution >= 4 is 35.2 Å². The Morgan fingerprint density at radius 2 is 1.73 bits per heavy atom. The number of nitrogens with one attached hydrogen (secondary N) is 2. The molecule has 1 fully saturated rings. The molecule has 0 spiro atoms. The molecule has 1 saturated heterocycles. The van der Waals surface area contributed by atoms with Crippen LogP contribution in [-0.2, 0) is 14.3 Å². The Morgan fingerprint density at radius 3 is 2.36 bits per heavy atom. The molecule has 2 N–H and O–H groups in total. The van der Waals surface area contributed by atoms with Crippen LogP contribution in [0.15, 0.2) is 60.3 Å². The second kappa shape index (κ2) is 8.78. The third kappa shape index (κ3) is 4.17. The Hall–Kier alpha value is -4.14. The molecule has 2 atom stereocenters. The number of rotatable bonds is 5. The van der Waals surface area contributed by atoms with Crippen molar-refractivity contribution in [2.24, 2.45) is 0 Å². The van der Waals surface area contributed by atoms with Crippen LogP contribution in [0.5, 0.6) is 0 Å². The molecule has 0 bridgehead atoms. The maximum atomic E-state index is 13.2. The van der Waals surface area contributed by atoms with Crippen LogP contribution in [0.1, 0.15) is 22.8 Å². The molecular weight excluding hydrogens is 424 g/mol. The van der Waals surface area contributed by atoms with E-state index in [1.54, 1.807) is 61.5 Å². The van der Waals surface area contributed by atoms with Crippen molar-refractivity contribution in [1.82, 2.24) is 10.2 Å². The molecule has 0 radical (unpaired) electrons. The Morgan fingerprint density at radius 1 is 1.06 bits per heavy atom. The normalized spacial score (nSPS) is 19.5. The summed E-state index contributed by atoms with van der Waals surface area (Å²) in [5.41, 5.74) is 2.58. The molecule has 4 rings (SSSR count). The van der Waals surface area contributed by atoms with Crippen molar-refractivity contribution in [1.29, 1.82) is 0 Å². The number of carbonyl (C=O) groups excluding carboxylic acids is 4. The van der Waals surface area contributed by atoms with Gasteiger partial charge in [-0.3, -0.25) is 9.59 Å². The Bertz CT molecular complexity index is 1140. The average molecular weight is 448 g/mol. The first-order chi connectivity index (χ1) is 15.8. The Balaban J connectivity index is 1.49. The summed E-state index contributed by atoms with van der Waals surface area (Å²) in [6, 6.07) is 11.2. The van der Waals surface area contributed by atoms with Crippen LogP contribution in [0.4, 0.5) is 16.2 Å². The number of urea groups is 1. The number of anilines is 2. The van der Waals surface area contributed by atoms with Crippen LogP contribution in [0.3, 0.4) is 0 Å². The number of fused-ring (bicyclic) bond motifs is 1. The lowest BCUT2D eigenvalue weighted by Gasteiger charge is -2.37. The van der Waals surface area contributed by atoms with E-state index in [0.717, 1.165) is 10.5 Å². The minimum atomic E-state index is -0.782. The summed E-state index contributed by atoms with van der Waals surface area (Å²) in [5, 5.41) is 5.54. The summed E-state index contributed by atoms with van der Waals surface area (Å²) in [7, 11) is 1.69. The molecule has 2 aromatic rings. The first-order valence-corrected chi connectivity index (χ1v) is 10.5. The molecule has 2 heterocycles. The van der Waals surface area contributed by atoms with Crippen LogP contribution < -0.4 is 15.5 Å². The topological polar surface area (TPSA) is 108 Å². The van der Waals surface area contributed by atoms with Gasteiger partial charge in [0.05, 0.1) is 29.5 Å². The van der Waals surface area contributed by atoms with E-state index >= 15 is 0 Å². The molecule has 9 nitrogen and oxygen atoms in total. The highest BCUT2D eigenvalue weighted by Crippen LogP contribution is 2.30. The zero-order valence-corrected chi connectivity index (χ0v) is 18.5. The molecule has 2 unspecified atom stereocenters. The summed E-state index contributed by atoms with van der Waals surface area (Å²) >= 11 is 0. The standard InChI is InChI=1S/C24H24N4O5/c1-4-33-23(31)15-7-9-16(10-8-15)25-21(29)18-13-27(3)20-19(18)26-24(32)28(22(20)30)17-11-5-14(2)6-12-17/h5-13,19-20H,4H2,1-3H3,(H,25,29)(H,26,32). The fraction of sp³-hybridized carbons (Fsp3) is 0.250. The van der Waals surface area contributed by atoms with E-state index in [1.165, 1.54) is 0 Å². The first-order valence-electron chi connectivity index (χ1n) is 10.5. The second-order valence-corrected chi connectivity index (χ2v) is 7.88. The third-order valence-corrected chi connectivity index (χ3v) is 5.60. The van der Waals surface area contributed by atoms with Gasteiger partial charge in [-0.25, -0.2) is 14.5 Å². The largest absolute Gasteiger partial charge is 0.462 e. The van der Waals surface area contributed by atoms with E-state index < -0.39 is 35.9 Å². The number of amides is 4. The van der Waals surface area contributed by atoms with E-state index in [2.05, 4.69) is 10.6 Å². The van der Waals surface area contributed by atoms with Crippen molar-refractivity contribution in [2.45, 2.75) is 25.9 Å². The smallest absolute Gasteiger partial charge is 0.338 e. The summed E-state index contributed by atoms with van der Waals surface area (Å²) < 4.78 is 4.95. The summed E-state index contributed by atoms with van der Waals surface area (Å²) in [6.07, 6.45) is 1.56. The van der Waals surface area contributed by atoms with E-state index in [-0.39, 0.29) is 12.2 Å². The quantitative estimate of drug-likeness (QED) is 0.681. The number of nitrogens with zero attached hydrogens (tertiary/aromatic N) is 2. The molecule has 33 heavy (non-hydrogen) atoms. The Kier molecular flexibility index (Phi) is 5.87. The van der Waals surface area contributed by atoms with Crippen LogP contribution in [0.25, 0.3) is 0 Å². The highest BCUT2D eigenvalue weighted by molar-refractivity contribution is 6.20. The molecule has 0 saturated carbocycles. The van der Waals surface area contributed by atoms with E-state index in [9.17, 15) is 19.2 Å². The van der Waals surface area contributed by atoms with Crippen molar-refractivity contribution in [3.63, 3.8) is 0 Å². The molecule has 0 aliphatic carbocycles. The molecular formula is C24H24N4O5. The lowest BCUT2D eigenvalue weighted by Crippen LogP contribution is -2.65. The minimum absolute atomic E-state index is 0.266. The van der Waals surface area contributed by atoms with Gasteiger partial charge in [-0.05, 0) is 50.2 Å². The highest BCUT2D eigenvalue weighted by atomic mass is 16.5. The third-order valence-electron chi connectivity index (χ3n) is 5.60. The number of hydrogen-bond donors (Lipinski definition) is 2. The summed E-state index contributed by atoms with van der Waals surface area (Å²) in [4.78, 5) is 53.5. The number of hydrogen-bond acceptors (Lipinski definition) is 6. The predicted octanol–water partition coefficient (Wildman–Crippen LogP) is 2.43. The predicted molar refractivity (Wildman–Crippen MR) is 122 cm³/mol. The van der Waals surface area contributed by atoms with Gasteiger partial charge in [0.25, 0.3) is 11.8 Å². The van der Waals surface area contributed by atoms with Gasteiger partial charge in [0.15, 0.2) is 0 Å². The molecule has 9 heteroatoms. The minimum Gasteiger partial charge on any atom is -0.462 e. The monoisotopic (exact) mass is 448 g/mol. The first kappa shape index (κ1) is 22.1. The van der Waals surface area contributed by atoms with Gasteiger partial charge in [0.2, 0.25) is 0 Å². The number of benzene rings is 2. The lowest BCUT2D eigenvalue weighted by molar-refractivity contribution is -0.122. The number of esters is 1. The molecule has 2 aliphatic rings. The van der Waals surface area contributed by atoms with E-state index in [1.807, 2.05) is 19.1 Å². The van der Waals surface area contributed by atoms with Crippen molar-refractivity contribution in [2.75, 3.05) is 23.9 Å². The van der Waals surface area contributed by atoms with Gasteiger partial charge in [-0.15, -0.1) is 0 Å². The van der Waals surface area contributed by atoms with Crippen LogP contribution in [-0.4, -0.2) is 54.5 Å². The molecule has 4 amide bonds. The number of ether oxygens (including phenoxy) is 1. The molecule has 0 aromatic heterocycles. The summed E-state index contributed by atoms with van der Waals surface area (Å²) in [6.45, 7) is 3.91. The second-order valence-electron chi connectivity index (χ2n) is 7.88. The van der Waals surface area contributed by atoms with Gasteiger partial charge in [-0.1, -0.05) is 17.7 Å². The van der Waals surface area contributed by atoms with Gasteiger partial charge >= 0.3 is 12.0 Å². The van der Waals surface area contributed by atoms with Crippen LogP contribution in [0, 0.1) is 6.92 Å². The van der Waals surface area contributed by atoms with Gasteiger partial charge in [-0.2, -0.15) is 0 Å². The van der Waals surface area contributed by atoms with Gasteiger partial charge in [0.1, 0.15) is 6.04 Å². The molecule has 170 valence electrons. The fourth-order valence-electron chi connectivity index (χ4n) is 3.93. The number of imide groups is 1. The number of likely N-dealkylation sites (N-methyl/N-ethyl adjacent to an activating group) is 1. The van der Waals surface area contributed by atoms with Crippen molar-refractivity contribution in [3.05, 3.63) is 71.4 Å². The lowest BCUT2D eigenvalue weighted by atomic mass is 9.99. The number of carbonyl (C=O) groups is 4. The summed E-state index contributed by atoms with van der Waals surface area (Å²) in [5.74, 6) is -1.30. The van der Waals surface area contributed by atoms with Crippen LogP contribution >= 0.6 is 0 Å². The van der Waals surface area contributed by atoms with Crippen molar-refractivity contribution in [3.8, 4) is 0 Å². The maximum absolute atomic E-state index is 13.2. The SMILES string of the molecule is CCOC(=O)c1ccc(NC(=O)C2=CN(C)C3C(=O)N(c4ccc(C)cc4)C(=O)NC23)cc1. The zero-order valence-electron chi connectivity index (χ0n) is 18.5. The average Bonchev–Trinajstić information content (AvgIpc) is 3.12.